The van der Waals surface area contributed by atoms with Gasteiger partial charge in [0.15, 0.2) is 0 Å². The van der Waals surface area contributed by atoms with Gasteiger partial charge in [0, 0.05) is 5.54 Å². The molecule has 0 saturated heterocycles. The number of carboxylic acids is 1. The maximum atomic E-state index is 12.7. The first-order chi connectivity index (χ1) is 10.0. The van der Waals surface area contributed by atoms with Crippen LogP contribution in [0.15, 0.2) is 0 Å². The second kappa shape index (κ2) is 4.72. The van der Waals surface area contributed by atoms with Crippen molar-refractivity contribution in [2.24, 2.45) is 29.6 Å². The zero-order chi connectivity index (χ0) is 14.6. The van der Waals surface area contributed by atoms with Gasteiger partial charge in [-0.05, 0) is 69.1 Å². The Balaban J connectivity index is 1.48. The molecule has 0 aromatic rings. The van der Waals surface area contributed by atoms with Gasteiger partial charge in [-0.3, -0.25) is 9.59 Å². The molecular weight excluding hydrogens is 266 g/mol. The summed E-state index contributed by atoms with van der Waals surface area (Å²) >= 11 is 0. The number of rotatable bonds is 3. The Bertz CT molecular complexity index is 437. The average molecular weight is 291 g/mol. The molecule has 1 amide bonds. The fraction of sp³-hybridized carbons (Fsp3) is 0.882. The molecule has 5 aliphatic carbocycles. The molecule has 0 radical (unpaired) electrons. The van der Waals surface area contributed by atoms with E-state index >= 15 is 0 Å². The highest BCUT2D eigenvalue weighted by molar-refractivity contribution is 5.85. The second-order valence-electron chi connectivity index (χ2n) is 8.17. The third-order valence-corrected chi connectivity index (χ3v) is 6.60. The normalized spacial score (nSPS) is 47.5. The molecule has 0 spiro atoms. The third-order valence-electron chi connectivity index (χ3n) is 6.60. The lowest BCUT2D eigenvalue weighted by molar-refractivity contribution is -0.147. The molecule has 0 aliphatic heterocycles. The highest BCUT2D eigenvalue weighted by atomic mass is 16.4. The Morgan fingerprint density at radius 2 is 1.43 bits per heavy atom. The van der Waals surface area contributed by atoms with Gasteiger partial charge in [-0.1, -0.05) is 6.42 Å². The minimum atomic E-state index is -0.793. The maximum Gasteiger partial charge on any atom is 0.307 e. The Morgan fingerprint density at radius 3 is 1.95 bits per heavy atom. The SMILES string of the molecule is O=C(O)C1CCCC1C(=O)NC12CC3CC(CC(C3)C1)C2. The molecule has 0 aromatic heterocycles. The van der Waals surface area contributed by atoms with Crippen LogP contribution in [0.3, 0.4) is 0 Å². The molecule has 0 heterocycles. The Hall–Kier alpha value is -1.06. The van der Waals surface area contributed by atoms with Crippen molar-refractivity contribution in [1.82, 2.24) is 5.32 Å². The van der Waals surface area contributed by atoms with Gasteiger partial charge < -0.3 is 10.4 Å². The van der Waals surface area contributed by atoms with E-state index in [2.05, 4.69) is 5.32 Å². The standard InChI is InChI=1S/C17H25NO3/c19-15(13-2-1-3-14(13)16(20)21)18-17-7-10-4-11(8-17)6-12(5-10)9-17/h10-14H,1-9H2,(H,18,19)(H,20,21). The van der Waals surface area contributed by atoms with Crippen molar-refractivity contribution >= 4 is 11.9 Å². The number of carbonyl (C=O) groups excluding carboxylic acids is 1. The molecule has 0 aromatic carbocycles. The van der Waals surface area contributed by atoms with Crippen LogP contribution in [-0.4, -0.2) is 22.5 Å². The summed E-state index contributed by atoms with van der Waals surface area (Å²) in [5, 5.41) is 12.6. The van der Waals surface area contributed by atoms with Crippen LogP contribution in [0, 0.1) is 29.6 Å². The zero-order valence-electron chi connectivity index (χ0n) is 12.5. The molecule has 21 heavy (non-hydrogen) atoms. The van der Waals surface area contributed by atoms with Crippen LogP contribution in [0.25, 0.3) is 0 Å². The Morgan fingerprint density at radius 1 is 0.905 bits per heavy atom. The molecule has 4 heteroatoms. The lowest BCUT2D eigenvalue weighted by Crippen LogP contribution is -2.61. The summed E-state index contributed by atoms with van der Waals surface area (Å²) < 4.78 is 0. The number of hydrogen-bond donors (Lipinski definition) is 2. The predicted octanol–water partition coefficient (Wildman–Crippen LogP) is 2.57. The summed E-state index contributed by atoms with van der Waals surface area (Å²) in [6, 6.07) is 0. The van der Waals surface area contributed by atoms with Gasteiger partial charge in [0.05, 0.1) is 11.8 Å². The van der Waals surface area contributed by atoms with Crippen molar-refractivity contribution in [2.45, 2.75) is 63.3 Å². The summed E-state index contributed by atoms with van der Waals surface area (Å²) in [6.07, 6.45) is 9.75. The molecule has 2 N–H and O–H groups in total. The lowest BCUT2D eigenvalue weighted by Gasteiger charge is -2.57. The number of hydrogen-bond acceptors (Lipinski definition) is 2. The fourth-order valence-electron chi connectivity index (χ4n) is 6.19. The maximum absolute atomic E-state index is 12.7. The third kappa shape index (κ3) is 2.27. The first-order valence-electron chi connectivity index (χ1n) is 8.59. The largest absolute Gasteiger partial charge is 0.481 e. The number of carbonyl (C=O) groups is 2. The highest BCUT2D eigenvalue weighted by Crippen LogP contribution is 2.55. The first kappa shape index (κ1) is 13.6. The van der Waals surface area contributed by atoms with Crippen LogP contribution in [0.2, 0.25) is 0 Å². The van der Waals surface area contributed by atoms with Crippen LogP contribution in [0.4, 0.5) is 0 Å². The van der Waals surface area contributed by atoms with E-state index in [4.69, 9.17) is 0 Å². The summed E-state index contributed by atoms with van der Waals surface area (Å²) in [6.45, 7) is 0. The Labute approximate surface area is 125 Å². The van der Waals surface area contributed by atoms with E-state index in [0.29, 0.717) is 6.42 Å². The van der Waals surface area contributed by atoms with Crippen LogP contribution >= 0.6 is 0 Å². The topological polar surface area (TPSA) is 66.4 Å². The molecule has 5 saturated carbocycles. The van der Waals surface area contributed by atoms with Crippen LogP contribution in [0.1, 0.15) is 57.8 Å². The van der Waals surface area contributed by atoms with Gasteiger partial charge >= 0.3 is 5.97 Å². The highest BCUT2D eigenvalue weighted by Gasteiger charge is 2.52. The predicted molar refractivity (Wildman–Crippen MR) is 77.5 cm³/mol. The van der Waals surface area contributed by atoms with E-state index in [9.17, 15) is 14.7 Å². The van der Waals surface area contributed by atoms with E-state index in [1.54, 1.807) is 0 Å². The van der Waals surface area contributed by atoms with Crippen LogP contribution < -0.4 is 5.32 Å². The van der Waals surface area contributed by atoms with E-state index in [0.717, 1.165) is 49.9 Å². The molecule has 4 bridgehead atoms. The van der Waals surface area contributed by atoms with E-state index in [1.807, 2.05) is 0 Å². The van der Waals surface area contributed by atoms with Crippen molar-refractivity contribution < 1.29 is 14.7 Å². The Kier molecular flexibility index (Phi) is 3.05. The number of carboxylic acid groups (broad SMARTS) is 1. The van der Waals surface area contributed by atoms with Gasteiger partial charge in [-0.25, -0.2) is 0 Å². The summed E-state index contributed by atoms with van der Waals surface area (Å²) in [7, 11) is 0. The van der Waals surface area contributed by atoms with Crippen molar-refractivity contribution in [3.63, 3.8) is 0 Å². The lowest BCUT2D eigenvalue weighted by atomic mass is 9.53. The van der Waals surface area contributed by atoms with Gasteiger partial charge in [0.25, 0.3) is 0 Å². The average Bonchev–Trinajstić information content (AvgIpc) is 2.85. The molecular formula is C17H25NO3. The smallest absolute Gasteiger partial charge is 0.307 e. The number of aliphatic carboxylic acids is 1. The zero-order valence-corrected chi connectivity index (χ0v) is 12.5. The number of amides is 1. The van der Waals surface area contributed by atoms with Gasteiger partial charge in [0.2, 0.25) is 5.91 Å². The molecule has 116 valence electrons. The summed E-state index contributed by atoms with van der Waals surface area (Å²) in [5.41, 5.74) is 0.0114. The first-order valence-corrected chi connectivity index (χ1v) is 8.59. The second-order valence-corrected chi connectivity index (χ2v) is 8.17. The van der Waals surface area contributed by atoms with E-state index in [-0.39, 0.29) is 17.4 Å². The molecule has 2 atom stereocenters. The summed E-state index contributed by atoms with van der Waals surface area (Å²) in [4.78, 5) is 24.0. The summed E-state index contributed by atoms with van der Waals surface area (Å²) in [5.74, 6) is 0.885. The molecule has 5 rings (SSSR count). The van der Waals surface area contributed by atoms with Crippen molar-refractivity contribution in [3.05, 3.63) is 0 Å². The molecule has 2 unspecified atom stereocenters. The number of nitrogens with one attached hydrogen (secondary N) is 1. The minimum Gasteiger partial charge on any atom is -0.481 e. The van der Waals surface area contributed by atoms with Crippen molar-refractivity contribution in [1.29, 1.82) is 0 Å². The minimum absolute atomic E-state index is 0.0114. The van der Waals surface area contributed by atoms with E-state index in [1.165, 1.54) is 19.3 Å². The fourth-order valence-corrected chi connectivity index (χ4v) is 6.19. The monoisotopic (exact) mass is 291 g/mol. The van der Waals surface area contributed by atoms with Crippen molar-refractivity contribution in [2.75, 3.05) is 0 Å². The molecule has 4 nitrogen and oxygen atoms in total. The van der Waals surface area contributed by atoms with Crippen LogP contribution in [-0.2, 0) is 9.59 Å². The van der Waals surface area contributed by atoms with Crippen LogP contribution in [0.5, 0.6) is 0 Å². The van der Waals surface area contributed by atoms with E-state index < -0.39 is 11.9 Å². The molecule has 5 fully saturated rings. The quantitative estimate of drug-likeness (QED) is 0.840. The van der Waals surface area contributed by atoms with Gasteiger partial charge in [-0.15, -0.1) is 0 Å². The van der Waals surface area contributed by atoms with Crippen molar-refractivity contribution in [3.8, 4) is 0 Å². The van der Waals surface area contributed by atoms with Gasteiger partial charge in [0.1, 0.15) is 0 Å². The van der Waals surface area contributed by atoms with Gasteiger partial charge in [-0.2, -0.15) is 0 Å². The molecule has 5 aliphatic rings.